The van der Waals surface area contributed by atoms with Crippen LogP contribution in [0.15, 0.2) is 42.5 Å². The van der Waals surface area contributed by atoms with E-state index >= 15 is 0 Å². The highest BCUT2D eigenvalue weighted by Crippen LogP contribution is 2.45. The van der Waals surface area contributed by atoms with E-state index in [1.54, 1.807) is 19.2 Å². The van der Waals surface area contributed by atoms with Crippen LogP contribution in [0.2, 0.25) is 0 Å². The van der Waals surface area contributed by atoms with Crippen LogP contribution in [0.1, 0.15) is 18.9 Å². The van der Waals surface area contributed by atoms with Crippen molar-refractivity contribution in [1.29, 1.82) is 0 Å². The highest BCUT2D eigenvalue weighted by Gasteiger charge is 2.22. The van der Waals surface area contributed by atoms with Gasteiger partial charge in [0.1, 0.15) is 6.61 Å². The fraction of sp³-hybridized carbons (Fsp3) is 0.429. The van der Waals surface area contributed by atoms with Crippen molar-refractivity contribution >= 4 is 7.82 Å². The number of phenolic OH excluding ortho intramolecular Hbond substituents is 1. The number of benzene rings is 2. The number of phosphoric acid groups is 1. The fourth-order valence-corrected chi connectivity index (χ4v) is 3.38. The Kier molecular flexibility index (Phi) is 9.46. The van der Waals surface area contributed by atoms with Crippen molar-refractivity contribution in [2.75, 3.05) is 40.5 Å². The number of rotatable bonds is 13. The maximum Gasteiger partial charge on any atom is 0.527 e. The maximum atomic E-state index is 11.6. The molecule has 0 bridgehead atoms. The van der Waals surface area contributed by atoms with E-state index in [9.17, 15) is 14.6 Å². The first-order chi connectivity index (χ1) is 14.4. The first-order valence-electron chi connectivity index (χ1n) is 9.76. The summed E-state index contributed by atoms with van der Waals surface area (Å²) in [6.45, 7) is 5.04. The Labute approximate surface area is 177 Å². The van der Waals surface area contributed by atoms with Crippen LogP contribution < -0.4 is 14.0 Å². The highest BCUT2D eigenvalue weighted by atomic mass is 31.2. The Morgan fingerprint density at radius 2 is 1.73 bits per heavy atom. The zero-order valence-corrected chi connectivity index (χ0v) is 18.5. The van der Waals surface area contributed by atoms with Crippen LogP contribution in [0.3, 0.4) is 0 Å². The van der Waals surface area contributed by atoms with Gasteiger partial charge < -0.3 is 19.1 Å². The number of hydrogen-bond acceptors (Lipinski definition) is 7. The molecule has 1 unspecified atom stereocenters. The number of nitrogens with zero attached hydrogens (tertiary/aromatic N) is 1. The van der Waals surface area contributed by atoms with E-state index in [0.717, 1.165) is 38.7 Å². The number of ether oxygens (including phenoxy) is 2. The third-order valence-corrected chi connectivity index (χ3v) is 5.35. The minimum absolute atomic E-state index is 0.0817. The van der Waals surface area contributed by atoms with E-state index in [1.165, 1.54) is 6.07 Å². The Balaban J connectivity index is 1.93. The molecule has 9 heteroatoms. The lowest BCUT2D eigenvalue weighted by Gasteiger charge is -2.22. The molecule has 0 spiro atoms. The normalized spacial score (nSPS) is 13.1. The second-order valence-electron chi connectivity index (χ2n) is 6.64. The number of phenols is 1. The molecule has 0 amide bonds. The molecule has 166 valence electrons. The first kappa shape index (κ1) is 24.0. The van der Waals surface area contributed by atoms with E-state index in [4.69, 9.17) is 14.0 Å². The molecule has 2 aromatic carbocycles. The second-order valence-corrected chi connectivity index (χ2v) is 8.12. The fourth-order valence-electron chi connectivity index (χ4n) is 2.91. The minimum Gasteiger partial charge on any atom is -0.504 e. The zero-order chi connectivity index (χ0) is 22.0. The Bertz CT molecular complexity index is 846. The van der Waals surface area contributed by atoms with Crippen molar-refractivity contribution < 1.29 is 33.1 Å². The molecule has 0 aliphatic heterocycles. The number of phosphoric ester groups is 1. The van der Waals surface area contributed by atoms with Crippen molar-refractivity contribution in [1.82, 2.24) is 4.90 Å². The molecule has 2 aromatic rings. The molecule has 0 fully saturated rings. The molecule has 0 aliphatic rings. The summed E-state index contributed by atoms with van der Waals surface area (Å²) in [6.07, 6.45) is 1.67. The minimum atomic E-state index is -4.24. The van der Waals surface area contributed by atoms with Crippen LogP contribution in [0.25, 0.3) is 0 Å². The molecule has 0 saturated heterocycles. The molecule has 0 heterocycles. The van der Waals surface area contributed by atoms with E-state index < -0.39 is 7.82 Å². The predicted molar refractivity (Wildman–Crippen MR) is 114 cm³/mol. The van der Waals surface area contributed by atoms with Gasteiger partial charge in [0.2, 0.25) is 0 Å². The van der Waals surface area contributed by atoms with E-state index in [-0.39, 0.29) is 11.5 Å². The first-order valence-corrected chi connectivity index (χ1v) is 11.3. The highest BCUT2D eigenvalue weighted by molar-refractivity contribution is 7.47. The van der Waals surface area contributed by atoms with Gasteiger partial charge >= 0.3 is 7.82 Å². The summed E-state index contributed by atoms with van der Waals surface area (Å²) in [7, 11) is -1.56. The van der Waals surface area contributed by atoms with Gasteiger partial charge in [0.25, 0.3) is 0 Å². The Morgan fingerprint density at radius 3 is 2.40 bits per heavy atom. The number of hydrogen-bond donors (Lipinski definition) is 2. The van der Waals surface area contributed by atoms with Gasteiger partial charge in [0.15, 0.2) is 23.0 Å². The van der Waals surface area contributed by atoms with Crippen LogP contribution >= 0.6 is 7.82 Å². The quantitative estimate of drug-likeness (QED) is 0.454. The summed E-state index contributed by atoms with van der Waals surface area (Å²) in [4.78, 5) is 11.8. The number of aromatic hydroxyl groups is 1. The molecule has 30 heavy (non-hydrogen) atoms. The summed E-state index contributed by atoms with van der Waals surface area (Å²) < 4.78 is 32.1. The molecule has 1 atom stereocenters. The average Bonchev–Trinajstić information content (AvgIpc) is 2.74. The van der Waals surface area contributed by atoms with Crippen LogP contribution in [0.5, 0.6) is 23.0 Å². The summed E-state index contributed by atoms with van der Waals surface area (Å²) in [5.74, 6) is 1.11. The third-order valence-electron chi connectivity index (χ3n) is 4.46. The van der Waals surface area contributed by atoms with Gasteiger partial charge in [0, 0.05) is 20.2 Å². The standard InChI is InChI=1S/C21H30NO7P/c1-4-12-22(14-15-28-20-8-6-5-7-19(20)26-2)13-11-17-9-10-18(23)21(16-17)29-30(24,25)27-3/h5-10,16,23H,4,11-15H2,1-3H3,(H,24,25). The number of methoxy groups -OCH3 is 1. The van der Waals surface area contributed by atoms with Gasteiger partial charge in [0.05, 0.1) is 7.11 Å². The largest absolute Gasteiger partial charge is 0.527 e. The van der Waals surface area contributed by atoms with Gasteiger partial charge in [-0.25, -0.2) is 4.57 Å². The lowest BCUT2D eigenvalue weighted by molar-refractivity contribution is 0.205. The van der Waals surface area contributed by atoms with Crippen LogP contribution in [0, 0.1) is 0 Å². The molecule has 2 rings (SSSR count). The van der Waals surface area contributed by atoms with Gasteiger partial charge in [-0.2, -0.15) is 0 Å². The van der Waals surface area contributed by atoms with Crippen molar-refractivity contribution in [2.24, 2.45) is 0 Å². The van der Waals surface area contributed by atoms with Gasteiger partial charge in [-0.15, -0.1) is 0 Å². The van der Waals surface area contributed by atoms with Gasteiger partial charge in [-0.1, -0.05) is 25.1 Å². The maximum absolute atomic E-state index is 11.6. The van der Waals surface area contributed by atoms with Crippen molar-refractivity contribution in [3.63, 3.8) is 0 Å². The molecule has 8 nitrogen and oxygen atoms in total. The Hall–Kier alpha value is -2.25. The van der Waals surface area contributed by atoms with Gasteiger partial charge in [-0.05, 0) is 49.2 Å². The van der Waals surface area contributed by atoms with Gasteiger partial charge in [-0.3, -0.25) is 14.3 Å². The molecule has 0 aliphatic carbocycles. The van der Waals surface area contributed by atoms with Crippen molar-refractivity contribution in [3.8, 4) is 23.0 Å². The summed E-state index contributed by atoms with van der Waals surface area (Å²) in [6, 6.07) is 12.3. The lowest BCUT2D eigenvalue weighted by atomic mass is 10.1. The van der Waals surface area contributed by atoms with Crippen LogP contribution in [0.4, 0.5) is 0 Å². The van der Waals surface area contributed by atoms with Crippen LogP contribution in [-0.4, -0.2) is 55.4 Å². The smallest absolute Gasteiger partial charge is 0.504 e. The van der Waals surface area contributed by atoms with Crippen LogP contribution in [-0.2, 0) is 15.5 Å². The van der Waals surface area contributed by atoms with Crippen molar-refractivity contribution in [2.45, 2.75) is 19.8 Å². The molecule has 0 saturated carbocycles. The third kappa shape index (κ3) is 7.54. The lowest BCUT2D eigenvalue weighted by Crippen LogP contribution is -2.31. The predicted octanol–water partition coefficient (Wildman–Crippen LogP) is 3.86. The summed E-state index contributed by atoms with van der Waals surface area (Å²) in [5, 5.41) is 9.87. The van der Waals surface area contributed by atoms with E-state index in [1.807, 2.05) is 24.3 Å². The van der Waals surface area contributed by atoms with Crippen molar-refractivity contribution in [3.05, 3.63) is 48.0 Å². The molecule has 2 N–H and O–H groups in total. The topological polar surface area (TPSA) is 97.7 Å². The summed E-state index contributed by atoms with van der Waals surface area (Å²) >= 11 is 0. The SMILES string of the molecule is CCCN(CCOc1ccccc1OC)CCc1ccc(O)c(OP(=O)(O)OC)c1. The Morgan fingerprint density at radius 1 is 1.00 bits per heavy atom. The zero-order valence-electron chi connectivity index (χ0n) is 17.6. The van der Waals surface area contributed by atoms with E-state index in [2.05, 4.69) is 16.3 Å². The average molecular weight is 439 g/mol. The molecule has 0 aromatic heterocycles. The number of para-hydroxylation sites is 2. The van der Waals surface area contributed by atoms with E-state index in [0.29, 0.717) is 24.5 Å². The molecular weight excluding hydrogens is 409 g/mol. The molecule has 0 radical (unpaired) electrons. The molecular formula is C21H30NO7P. The monoisotopic (exact) mass is 439 g/mol. The second kappa shape index (κ2) is 11.8. The summed E-state index contributed by atoms with van der Waals surface area (Å²) in [5.41, 5.74) is 0.866.